The van der Waals surface area contributed by atoms with Gasteiger partial charge in [0.1, 0.15) is 0 Å². The number of aliphatic hydroxyl groups excluding tert-OH is 1. The quantitative estimate of drug-likeness (QED) is 0.713. The Bertz CT molecular complexity index is 426. The molecule has 0 amide bonds. The van der Waals surface area contributed by atoms with Gasteiger partial charge in [0.25, 0.3) is 0 Å². The van der Waals surface area contributed by atoms with Crippen LogP contribution < -0.4 is 5.73 Å². The van der Waals surface area contributed by atoms with E-state index in [1.165, 1.54) is 12.1 Å². The number of aliphatic hydroxyl groups is 1. The van der Waals surface area contributed by atoms with Gasteiger partial charge in [-0.2, -0.15) is 0 Å². The van der Waals surface area contributed by atoms with Crippen LogP contribution in [-0.4, -0.2) is 25.9 Å². The average molecular weight is 215 g/mol. The number of hydrogen-bond donors (Lipinski definition) is 2. The summed E-state index contributed by atoms with van der Waals surface area (Å²) >= 11 is 0. The molecule has 0 spiro atoms. The zero-order chi connectivity index (χ0) is 10.8. The molecule has 0 aromatic heterocycles. The van der Waals surface area contributed by atoms with Crippen molar-refractivity contribution < 1.29 is 13.5 Å². The van der Waals surface area contributed by atoms with Crippen LogP contribution >= 0.6 is 0 Å². The van der Waals surface area contributed by atoms with Crippen LogP contribution in [0.25, 0.3) is 0 Å². The van der Waals surface area contributed by atoms with Gasteiger partial charge in [-0.25, -0.2) is 8.42 Å². The summed E-state index contributed by atoms with van der Waals surface area (Å²) in [4.78, 5) is 0.237. The fourth-order valence-corrected chi connectivity index (χ4v) is 2.54. The molecule has 14 heavy (non-hydrogen) atoms. The zero-order valence-corrected chi connectivity index (χ0v) is 8.71. The van der Waals surface area contributed by atoms with Crippen molar-refractivity contribution in [3.8, 4) is 0 Å². The van der Waals surface area contributed by atoms with Gasteiger partial charge in [0.2, 0.25) is 0 Å². The molecule has 1 aromatic carbocycles. The van der Waals surface area contributed by atoms with Gasteiger partial charge in [-0.15, -0.1) is 0 Å². The molecule has 0 heterocycles. The molecule has 78 valence electrons. The highest BCUT2D eigenvalue weighted by Gasteiger charge is 2.15. The smallest absolute Gasteiger partial charge is 0.180 e. The summed E-state index contributed by atoms with van der Waals surface area (Å²) in [6.07, 6.45) is 0. The summed E-state index contributed by atoms with van der Waals surface area (Å²) in [6.45, 7) is 1.31. The molecule has 1 rings (SSSR count). The van der Waals surface area contributed by atoms with E-state index in [9.17, 15) is 8.42 Å². The van der Waals surface area contributed by atoms with Crippen LogP contribution in [0.2, 0.25) is 0 Å². The van der Waals surface area contributed by atoms with E-state index in [-0.39, 0.29) is 17.3 Å². The van der Waals surface area contributed by atoms with Gasteiger partial charge in [-0.05, 0) is 30.7 Å². The van der Waals surface area contributed by atoms with E-state index >= 15 is 0 Å². The lowest BCUT2D eigenvalue weighted by atomic mass is 10.2. The Labute approximate surface area is 83.3 Å². The molecule has 0 atom stereocenters. The molecular formula is C9H13NO3S. The van der Waals surface area contributed by atoms with E-state index in [1.807, 2.05) is 0 Å². The van der Waals surface area contributed by atoms with Crippen LogP contribution in [-0.2, 0) is 9.84 Å². The molecule has 0 saturated carbocycles. The van der Waals surface area contributed by atoms with Crippen LogP contribution in [0.5, 0.6) is 0 Å². The van der Waals surface area contributed by atoms with E-state index in [1.54, 1.807) is 13.0 Å². The highest BCUT2D eigenvalue weighted by Crippen LogP contribution is 2.18. The number of sulfone groups is 1. The lowest BCUT2D eigenvalue weighted by molar-refractivity contribution is 0.319. The van der Waals surface area contributed by atoms with Crippen molar-refractivity contribution in [1.29, 1.82) is 0 Å². The fourth-order valence-electron chi connectivity index (χ4n) is 1.25. The third kappa shape index (κ3) is 2.24. The van der Waals surface area contributed by atoms with Crippen molar-refractivity contribution in [3.63, 3.8) is 0 Å². The van der Waals surface area contributed by atoms with Crippen LogP contribution in [0.3, 0.4) is 0 Å². The number of nitrogen functional groups attached to an aromatic ring is 1. The third-order valence-corrected chi connectivity index (χ3v) is 3.74. The maximum Gasteiger partial charge on any atom is 0.180 e. The van der Waals surface area contributed by atoms with Gasteiger partial charge >= 0.3 is 0 Å². The first-order valence-corrected chi connectivity index (χ1v) is 5.82. The molecule has 5 heteroatoms. The lowest BCUT2D eigenvalue weighted by Crippen LogP contribution is -2.11. The number of benzene rings is 1. The van der Waals surface area contributed by atoms with Crippen LogP contribution in [0, 0.1) is 6.92 Å². The topological polar surface area (TPSA) is 80.4 Å². The van der Waals surface area contributed by atoms with Crippen molar-refractivity contribution in [2.75, 3.05) is 18.1 Å². The highest BCUT2D eigenvalue weighted by atomic mass is 32.2. The van der Waals surface area contributed by atoms with Crippen molar-refractivity contribution in [2.24, 2.45) is 0 Å². The minimum Gasteiger partial charge on any atom is -0.399 e. The largest absolute Gasteiger partial charge is 0.399 e. The summed E-state index contributed by atoms with van der Waals surface area (Å²) in [5, 5.41) is 8.60. The maximum atomic E-state index is 11.6. The second-order valence-corrected chi connectivity index (χ2v) is 5.14. The Kier molecular flexibility index (Phi) is 3.13. The first kappa shape index (κ1) is 11.0. The van der Waals surface area contributed by atoms with Crippen LogP contribution in [0.1, 0.15) is 5.56 Å². The predicted octanol–water partition coefficient (Wildman–Crippen LogP) is 0.343. The molecule has 0 radical (unpaired) electrons. The van der Waals surface area contributed by atoms with Crippen molar-refractivity contribution >= 4 is 15.5 Å². The lowest BCUT2D eigenvalue weighted by Gasteiger charge is -2.06. The standard InChI is InChI=1S/C9H13NO3S/c1-7-6-8(10)2-3-9(7)14(12,13)5-4-11/h2-3,6,11H,4-5,10H2,1H3. The second kappa shape index (κ2) is 3.98. The van der Waals surface area contributed by atoms with Crippen molar-refractivity contribution in [1.82, 2.24) is 0 Å². The summed E-state index contributed by atoms with van der Waals surface area (Å²) in [7, 11) is -3.36. The first-order chi connectivity index (χ1) is 6.47. The fraction of sp³-hybridized carbons (Fsp3) is 0.333. The number of aryl methyl sites for hydroxylation is 1. The molecule has 0 aliphatic heterocycles. The van der Waals surface area contributed by atoms with Gasteiger partial charge in [0.15, 0.2) is 9.84 Å². The number of hydrogen-bond acceptors (Lipinski definition) is 4. The molecule has 3 N–H and O–H groups in total. The number of anilines is 1. The van der Waals surface area contributed by atoms with Crippen molar-refractivity contribution in [3.05, 3.63) is 23.8 Å². The van der Waals surface area contributed by atoms with Crippen LogP contribution in [0.4, 0.5) is 5.69 Å². The average Bonchev–Trinajstić information content (AvgIpc) is 2.02. The van der Waals surface area contributed by atoms with Crippen molar-refractivity contribution in [2.45, 2.75) is 11.8 Å². The molecule has 0 aliphatic rings. The molecule has 0 saturated heterocycles. The summed E-state index contributed by atoms with van der Waals surface area (Å²) in [6, 6.07) is 4.61. The minimum absolute atomic E-state index is 0.237. The van der Waals surface area contributed by atoms with E-state index in [0.29, 0.717) is 11.3 Å². The number of rotatable bonds is 3. The zero-order valence-electron chi connectivity index (χ0n) is 7.90. The van der Waals surface area contributed by atoms with Gasteiger partial charge < -0.3 is 10.8 Å². The van der Waals surface area contributed by atoms with Gasteiger partial charge in [-0.3, -0.25) is 0 Å². The van der Waals surface area contributed by atoms with E-state index in [2.05, 4.69) is 0 Å². The Morgan fingerprint density at radius 2 is 2.07 bits per heavy atom. The molecular weight excluding hydrogens is 202 g/mol. The SMILES string of the molecule is Cc1cc(N)ccc1S(=O)(=O)CCO. The number of nitrogens with two attached hydrogens (primary N) is 1. The monoisotopic (exact) mass is 215 g/mol. The van der Waals surface area contributed by atoms with E-state index < -0.39 is 9.84 Å². The summed E-state index contributed by atoms with van der Waals surface area (Å²) in [5.41, 5.74) is 6.64. The van der Waals surface area contributed by atoms with E-state index in [4.69, 9.17) is 10.8 Å². The molecule has 0 aliphatic carbocycles. The normalized spacial score (nSPS) is 11.6. The van der Waals surface area contributed by atoms with E-state index in [0.717, 1.165) is 0 Å². The summed E-state index contributed by atoms with van der Waals surface area (Å²) < 4.78 is 23.1. The maximum absolute atomic E-state index is 11.6. The molecule has 0 unspecified atom stereocenters. The Morgan fingerprint density at radius 3 is 2.57 bits per heavy atom. The Hall–Kier alpha value is -1.07. The third-order valence-electron chi connectivity index (χ3n) is 1.89. The van der Waals surface area contributed by atoms with Gasteiger partial charge in [0, 0.05) is 5.69 Å². The second-order valence-electron chi connectivity index (χ2n) is 3.07. The van der Waals surface area contributed by atoms with Gasteiger partial charge in [-0.1, -0.05) is 0 Å². The Morgan fingerprint density at radius 1 is 1.43 bits per heavy atom. The molecule has 0 bridgehead atoms. The Balaban J connectivity index is 3.20. The molecule has 1 aromatic rings. The molecule has 0 fully saturated rings. The highest BCUT2D eigenvalue weighted by molar-refractivity contribution is 7.91. The first-order valence-electron chi connectivity index (χ1n) is 4.17. The predicted molar refractivity (Wildman–Crippen MR) is 54.7 cm³/mol. The van der Waals surface area contributed by atoms with Crippen LogP contribution in [0.15, 0.2) is 23.1 Å². The summed E-state index contributed by atoms with van der Waals surface area (Å²) in [5.74, 6) is -0.252. The van der Waals surface area contributed by atoms with Gasteiger partial charge in [0.05, 0.1) is 17.3 Å². The minimum atomic E-state index is -3.36. The molecule has 4 nitrogen and oxygen atoms in total.